The van der Waals surface area contributed by atoms with E-state index in [9.17, 15) is 14.0 Å². The van der Waals surface area contributed by atoms with Crippen LogP contribution in [-0.4, -0.2) is 36.3 Å². The minimum atomic E-state index is -0.469. The van der Waals surface area contributed by atoms with Crippen LogP contribution in [0.2, 0.25) is 0 Å². The second-order valence-corrected chi connectivity index (χ2v) is 8.48. The molecule has 1 N–H and O–H groups in total. The van der Waals surface area contributed by atoms with E-state index in [1.165, 1.54) is 22.1 Å². The molecule has 2 aromatic carbocycles. The van der Waals surface area contributed by atoms with E-state index in [1.54, 1.807) is 30.5 Å². The van der Waals surface area contributed by atoms with Crippen molar-refractivity contribution in [3.05, 3.63) is 94.8 Å². The van der Waals surface area contributed by atoms with Gasteiger partial charge in [0.1, 0.15) is 12.4 Å². The molecule has 0 unspecified atom stereocenters. The third kappa shape index (κ3) is 4.92. The normalized spacial score (nSPS) is 12.1. The molecule has 1 amide bonds. The van der Waals surface area contributed by atoms with E-state index in [1.807, 2.05) is 37.3 Å². The number of aryl methyl sites for hydroxylation is 1. The number of hydrogen-bond acceptors (Lipinski definition) is 6. The quantitative estimate of drug-likeness (QED) is 0.360. The van der Waals surface area contributed by atoms with E-state index in [-0.39, 0.29) is 35.9 Å². The molecule has 9 nitrogen and oxygen atoms in total. The molecule has 1 atom stereocenters. The van der Waals surface area contributed by atoms with Gasteiger partial charge < -0.3 is 9.84 Å². The predicted molar refractivity (Wildman–Crippen MR) is 131 cm³/mol. The van der Waals surface area contributed by atoms with Gasteiger partial charge in [0, 0.05) is 17.8 Å². The lowest BCUT2D eigenvalue weighted by atomic mass is 10.1. The van der Waals surface area contributed by atoms with Crippen molar-refractivity contribution in [1.82, 2.24) is 29.6 Å². The van der Waals surface area contributed by atoms with Crippen LogP contribution in [0, 0.1) is 5.82 Å². The van der Waals surface area contributed by atoms with Crippen molar-refractivity contribution in [3.63, 3.8) is 0 Å². The van der Waals surface area contributed by atoms with E-state index < -0.39 is 11.5 Å². The molecule has 182 valence electrons. The zero-order valence-corrected chi connectivity index (χ0v) is 19.5. The van der Waals surface area contributed by atoms with Crippen LogP contribution in [0.5, 0.6) is 0 Å². The maximum Gasteiger partial charge on any atom is 0.350 e. The molecule has 0 bridgehead atoms. The van der Waals surface area contributed by atoms with Crippen molar-refractivity contribution < 1.29 is 13.7 Å². The van der Waals surface area contributed by atoms with E-state index in [0.29, 0.717) is 11.1 Å². The Labute approximate surface area is 205 Å². The maximum atomic E-state index is 13.6. The Morgan fingerprint density at radius 1 is 1.11 bits per heavy atom. The molecule has 0 saturated heterocycles. The first kappa shape index (κ1) is 23.2. The van der Waals surface area contributed by atoms with Crippen LogP contribution >= 0.6 is 0 Å². The number of amides is 1. The van der Waals surface area contributed by atoms with Gasteiger partial charge in [0.25, 0.3) is 5.89 Å². The number of fused-ring (bicyclic) bond motifs is 1. The molecule has 0 aliphatic rings. The minimum absolute atomic E-state index is 0.0689. The first-order valence-electron chi connectivity index (χ1n) is 11.5. The van der Waals surface area contributed by atoms with Gasteiger partial charge in [0.15, 0.2) is 5.65 Å². The van der Waals surface area contributed by atoms with Gasteiger partial charge in [-0.1, -0.05) is 47.6 Å². The van der Waals surface area contributed by atoms with Gasteiger partial charge in [-0.15, -0.1) is 5.10 Å². The summed E-state index contributed by atoms with van der Waals surface area (Å²) >= 11 is 0. The van der Waals surface area contributed by atoms with Crippen LogP contribution in [0.15, 0.2) is 82.2 Å². The predicted octanol–water partition coefficient (Wildman–Crippen LogP) is 3.49. The first-order chi connectivity index (χ1) is 17.5. The van der Waals surface area contributed by atoms with Crippen molar-refractivity contribution in [2.24, 2.45) is 0 Å². The van der Waals surface area contributed by atoms with E-state index in [2.05, 4.69) is 20.6 Å². The topological polar surface area (TPSA) is 107 Å². The summed E-state index contributed by atoms with van der Waals surface area (Å²) in [5.74, 6) is -0.402. The highest BCUT2D eigenvalue weighted by atomic mass is 19.1. The Bertz CT molecular complexity index is 1570. The van der Waals surface area contributed by atoms with Gasteiger partial charge in [0.2, 0.25) is 11.7 Å². The molecule has 3 heterocycles. The molecule has 36 heavy (non-hydrogen) atoms. The molecular weight excluding hydrogens is 463 g/mol. The molecule has 3 aromatic heterocycles. The van der Waals surface area contributed by atoms with Crippen molar-refractivity contribution in [1.29, 1.82) is 0 Å². The van der Waals surface area contributed by atoms with Crippen LogP contribution in [0.25, 0.3) is 28.5 Å². The van der Waals surface area contributed by atoms with Crippen LogP contribution in [0.1, 0.15) is 18.9 Å². The SMILES string of the molecule is C[C@H](CCc1ccccc1)NC(=O)Cn1nc2c(-c3nc(-c4cccc(F)c4)no3)cccn2c1=O. The molecule has 10 heteroatoms. The fraction of sp³-hybridized carbons (Fsp3) is 0.192. The van der Waals surface area contributed by atoms with E-state index >= 15 is 0 Å². The second kappa shape index (κ2) is 9.95. The fourth-order valence-corrected chi connectivity index (χ4v) is 3.94. The molecule has 0 aliphatic heterocycles. The largest absolute Gasteiger partial charge is 0.352 e. The Hall–Kier alpha value is -4.60. The van der Waals surface area contributed by atoms with Crippen molar-refractivity contribution in [2.45, 2.75) is 32.4 Å². The molecule has 0 fully saturated rings. The highest BCUT2D eigenvalue weighted by Gasteiger charge is 2.19. The Kier molecular flexibility index (Phi) is 6.40. The van der Waals surface area contributed by atoms with Gasteiger partial charge in [-0.2, -0.15) is 4.98 Å². The molecule has 0 spiro atoms. The lowest BCUT2D eigenvalue weighted by Crippen LogP contribution is -2.37. The standard InChI is InChI=1S/C26H23FN6O3/c1-17(12-13-18-7-3-2-4-8-18)28-22(34)16-33-26(35)32-14-6-11-21(24(32)30-33)25-29-23(31-36-25)19-9-5-10-20(27)15-19/h2-11,14-15,17H,12-13,16H2,1H3,(H,28,34)/t17-/m1/s1. The molecule has 0 aliphatic carbocycles. The van der Waals surface area contributed by atoms with E-state index in [0.717, 1.165) is 17.5 Å². The van der Waals surface area contributed by atoms with Crippen LogP contribution in [-0.2, 0) is 17.8 Å². The Morgan fingerprint density at radius 2 is 1.94 bits per heavy atom. The molecular formula is C26H23FN6O3. The van der Waals surface area contributed by atoms with Crippen molar-refractivity contribution >= 4 is 11.6 Å². The third-order valence-corrected chi connectivity index (χ3v) is 5.76. The average molecular weight is 487 g/mol. The molecule has 5 aromatic rings. The van der Waals surface area contributed by atoms with Crippen LogP contribution in [0.4, 0.5) is 4.39 Å². The lowest BCUT2D eigenvalue weighted by Gasteiger charge is -2.13. The van der Waals surface area contributed by atoms with E-state index in [4.69, 9.17) is 4.52 Å². The molecule has 5 rings (SSSR count). The Morgan fingerprint density at radius 3 is 2.75 bits per heavy atom. The maximum absolute atomic E-state index is 13.6. The average Bonchev–Trinajstić information content (AvgIpc) is 3.49. The summed E-state index contributed by atoms with van der Waals surface area (Å²) < 4.78 is 21.4. The molecule has 0 radical (unpaired) electrons. The summed E-state index contributed by atoms with van der Waals surface area (Å²) in [5.41, 5.74) is 1.87. The number of nitrogens with zero attached hydrogens (tertiary/aromatic N) is 5. The smallest absolute Gasteiger partial charge is 0.350 e. The first-order valence-corrected chi connectivity index (χ1v) is 11.5. The van der Waals surface area contributed by atoms with Crippen molar-refractivity contribution in [2.75, 3.05) is 0 Å². The Balaban J connectivity index is 1.32. The fourth-order valence-electron chi connectivity index (χ4n) is 3.94. The number of pyridine rings is 1. The minimum Gasteiger partial charge on any atom is -0.352 e. The number of rotatable bonds is 8. The number of carbonyl (C=O) groups excluding carboxylic acids is 1. The summed E-state index contributed by atoms with van der Waals surface area (Å²) in [6.07, 6.45) is 3.15. The van der Waals surface area contributed by atoms with Crippen LogP contribution in [0.3, 0.4) is 0 Å². The summed E-state index contributed by atoms with van der Waals surface area (Å²) in [7, 11) is 0. The number of nitrogens with one attached hydrogen (secondary N) is 1. The lowest BCUT2D eigenvalue weighted by molar-refractivity contribution is -0.122. The van der Waals surface area contributed by atoms with Crippen LogP contribution < -0.4 is 11.0 Å². The zero-order valence-electron chi connectivity index (χ0n) is 19.5. The van der Waals surface area contributed by atoms with Crippen molar-refractivity contribution in [3.8, 4) is 22.8 Å². The second-order valence-electron chi connectivity index (χ2n) is 8.48. The number of carbonyl (C=O) groups is 1. The summed E-state index contributed by atoms with van der Waals surface area (Å²) in [5, 5.41) is 11.2. The number of halogens is 1. The van der Waals surface area contributed by atoms with Gasteiger partial charge in [0.05, 0.1) is 5.56 Å². The van der Waals surface area contributed by atoms with Gasteiger partial charge in [-0.25, -0.2) is 18.3 Å². The van der Waals surface area contributed by atoms with Gasteiger partial charge in [-0.3, -0.25) is 4.79 Å². The molecule has 0 saturated carbocycles. The number of benzene rings is 2. The summed E-state index contributed by atoms with van der Waals surface area (Å²) in [4.78, 5) is 29.8. The number of aromatic nitrogens is 5. The monoisotopic (exact) mass is 486 g/mol. The summed E-state index contributed by atoms with van der Waals surface area (Å²) in [6.45, 7) is 1.70. The van der Waals surface area contributed by atoms with Gasteiger partial charge >= 0.3 is 5.69 Å². The highest BCUT2D eigenvalue weighted by Crippen LogP contribution is 2.24. The zero-order chi connectivity index (χ0) is 25.1. The third-order valence-electron chi connectivity index (χ3n) is 5.76. The number of hydrogen-bond donors (Lipinski definition) is 1. The van der Waals surface area contributed by atoms with Gasteiger partial charge in [-0.05, 0) is 49.6 Å². The summed E-state index contributed by atoms with van der Waals surface area (Å²) in [6, 6.07) is 19.1. The highest BCUT2D eigenvalue weighted by molar-refractivity contribution is 5.76.